The fraction of sp³-hybridized carbons (Fsp3) is 0.625. The molecule has 1 heterocycles. The molecule has 0 unspecified atom stereocenters. The van der Waals surface area contributed by atoms with Crippen LogP contribution in [0.5, 0.6) is 0 Å². The van der Waals surface area contributed by atoms with Gasteiger partial charge in [0.15, 0.2) is 0 Å². The van der Waals surface area contributed by atoms with Gasteiger partial charge in [0, 0.05) is 32.0 Å². The lowest BCUT2D eigenvalue weighted by Crippen LogP contribution is -2.54. The van der Waals surface area contributed by atoms with Gasteiger partial charge in [0.1, 0.15) is 0 Å². The van der Waals surface area contributed by atoms with E-state index in [0.29, 0.717) is 13.1 Å². The average Bonchev–Trinajstić information content (AvgIpc) is 2.43. The van der Waals surface area contributed by atoms with Gasteiger partial charge in [-0.25, -0.2) is 0 Å². The summed E-state index contributed by atoms with van der Waals surface area (Å²) in [6.07, 6.45) is 3.56. The van der Waals surface area contributed by atoms with Crippen molar-refractivity contribution in [1.82, 2.24) is 20.1 Å². The van der Waals surface area contributed by atoms with Crippen molar-refractivity contribution in [2.45, 2.75) is 32.9 Å². The molecule has 0 aromatic carbocycles. The third-order valence-electron chi connectivity index (χ3n) is 3.35. The lowest BCUT2D eigenvalue weighted by atomic mass is 10.0. The molecule has 0 fully saturated rings. The molecule has 5 nitrogen and oxygen atoms in total. The van der Waals surface area contributed by atoms with Gasteiger partial charge in [-0.05, 0) is 46.1 Å². The third-order valence-corrected chi connectivity index (χ3v) is 3.35. The molecule has 1 aromatic heterocycles. The van der Waals surface area contributed by atoms with Gasteiger partial charge in [-0.3, -0.25) is 9.78 Å². The van der Waals surface area contributed by atoms with Crippen molar-refractivity contribution in [1.29, 1.82) is 0 Å². The summed E-state index contributed by atoms with van der Waals surface area (Å²) in [7, 11) is 4.03. The van der Waals surface area contributed by atoms with Crippen LogP contribution in [0.15, 0.2) is 24.5 Å². The average molecular weight is 292 g/mol. The number of likely N-dealkylation sites (N-methyl/N-ethyl adjacent to an activating group) is 2. The van der Waals surface area contributed by atoms with Crippen LogP contribution in [0.25, 0.3) is 0 Å². The van der Waals surface area contributed by atoms with E-state index in [1.807, 2.05) is 58.1 Å². The fourth-order valence-electron chi connectivity index (χ4n) is 2.20. The van der Waals surface area contributed by atoms with Crippen molar-refractivity contribution in [2.24, 2.45) is 0 Å². The van der Waals surface area contributed by atoms with E-state index < -0.39 is 5.54 Å². The highest BCUT2D eigenvalue weighted by Crippen LogP contribution is 2.12. The van der Waals surface area contributed by atoms with Crippen LogP contribution >= 0.6 is 0 Å². The number of aromatic nitrogens is 1. The molecule has 0 radical (unpaired) electrons. The molecule has 0 atom stereocenters. The molecule has 1 aromatic rings. The quantitative estimate of drug-likeness (QED) is 0.786. The molecule has 0 bridgehead atoms. The number of nitrogens with one attached hydrogen (secondary N) is 1. The molecule has 1 rings (SSSR count). The van der Waals surface area contributed by atoms with Crippen molar-refractivity contribution in [3.05, 3.63) is 30.1 Å². The van der Waals surface area contributed by atoms with Gasteiger partial charge >= 0.3 is 0 Å². The summed E-state index contributed by atoms with van der Waals surface area (Å²) in [5.74, 6) is 0.120. The Morgan fingerprint density at radius 2 is 2.05 bits per heavy atom. The lowest BCUT2D eigenvalue weighted by molar-refractivity contribution is -0.137. The number of hydrogen-bond acceptors (Lipinski definition) is 4. The van der Waals surface area contributed by atoms with Gasteiger partial charge < -0.3 is 15.1 Å². The van der Waals surface area contributed by atoms with E-state index in [2.05, 4.69) is 15.2 Å². The van der Waals surface area contributed by atoms with E-state index in [4.69, 9.17) is 0 Å². The summed E-state index contributed by atoms with van der Waals surface area (Å²) in [5, 5.41) is 3.26. The second kappa shape index (κ2) is 8.10. The van der Waals surface area contributed by atoms with Gasteiger partial charge in [0.25, 0.3) is 0 Å². The van der Waals surface area contributed by atoms with Crippen LogP contribution in [0.1, 0.15) is 26.3 Å². The zero-order valence-electron chi connectivity index (χ0n) is 13.9. The molecular formula is C16H28N4O. The van der Waals surface area contributed by atoms with Crippen LogP contribution in [0, 0.1) is 0 Å². The Labute approximate surface area is 128 Å². The summed E-state index contributed by atoms with van der Waals surface area (Å²) in [6, 6.07) is 3.91. The summed E-state index contributed by atoms with van der Waals surface area (Å²) in [6.45, 7) is 8.79. The number of hydrogen-bond donors (Lipinski definition) is 1. The van der Waals surface area contributed by atoms with Crippen LogP contribution in [0.3, 0.4) is 0 Å². The minimum Gasteiger partial charge on any atom is -0.335 e. The zero-order chi connectivity index (χ0) is 15.9. The first kappa shape index (κ1) is 17.6. The van der Waals surface area contributed by atoms with Crippen molar-refractivity contribution >= 4 is 5.91 Å². The first-order valence-electron chi connectivity index (χ1n) is 7.45. The normalized spacial score (nSPS) is 11.7. The molecular weight excluding hydrogens is 264 g/mol. The Bertz CT molecular complexity index is 431. The number of nitrogens with zero attached hydrogens (tertiary/aromatic N) is 3. The standard InChI is InChI=1S/C16H28N4O/c1-6-18-16(2,3)15(21)20(11-10-19(4)5)13-14-8-7-9-17-12-14/h7-9,12,18H,6,10-11,13H2,1-5H3. The number of pyridine rings is 1. The van der Waals surface area contributed by atoms with Crippen molar-refractivity contribution in [2.75, 3.05) is 33.7 Å². The Hall–Kier alpha value is -1.46. The minimum absolute atomic E-state index is 0.120. The first-order valence-corrected chi connectivity index (χ1v) is 7.45. The highest BCUT2D eigenvalue weighted by Gasteiger charge is 2.30. The van der Waals surface area contributed by atoms with Crippen LogP contribution in [-0.4, -0.2) is 60.0 Å². The number of carbonyl (C=O) groups excluding carboxylic acids is 1. The smallest absolute Gasteiger partial charge is 0.242 e. The molecule has 1 amide bonds. The van der Waals surface area contributed by atoms with Crippen LogP contribution in [0.2, 0.25) is 0 Å². The monoisotopic (exact) mass is 292 g/mol. The van der Waals surface area contributed by atoms with E-state index in [1.165, 1.54) is 0 Å². The molecule has 118 valence electrons. The molecule has 0 aliphatic heterocycles. The van der Waals surface area contributed by atoms with E-state index >= 15 is 0 Å². The Morgan fingerprint density at radius 1 is 1.33 bits per heavy atom. The highest BCUT2D eigenvalue weighted by atomic mass is 16.2. The summed E-state index contributed by atoms with van der Waals surface area (Å²) < 4.78 is 0. The maximum absolute atomic E-state index is 12.8. The Morgan fingerprint density at radius 3 is 2.57 bits per heavy atom. The maximum Gasteiger partial charge on any atom is 0.242 e. The minimum atomic E-state index is -0.552. The summed E-state index contributed by atoms with van der Waals surface area (Å²) >= 11 is 0. The SMILES string of the molecule is CCNC(C)(C)C(=O)N(CCN(C)C)Cc1cccnc1. The number of carbonyl (C=O) groups is 1. The fourth-order valence-corrected chi connectivity index (χ4v) is 2.20. The van der Waals surface area contributed by atoms with Gasteiger partial charge in [0.2, 0.25) is 5.91 Å². The first-order chi connectivity index (χ1) is 9.86. The van der Waals surface area contributed by atoms with E-state index in [9.17, 15) is 4.79 Å². The van der Waals surface area contributed by atoms with E-state index in [-0.39, 0.29) is 5.91 Å². The summed E-state index contributed by atoms with van der Waals surface area (Å²) in [4.78, 5) is 20.9. The van der Waals surface area contributed by atoms with Crippen LogP contribution in [-0.2, 0) is 11.3 Å². The Kier molecular flexibility index (Phi) is 6.78. The molecule has 0 saturated heterocycles. The molecule has 1 N–H and O–H groups in total. The van der Waals surface area contributed by atoms with Gasteiger partial charge in [-0.1, -0.05) is 13.0 Å². The topological polar surface area (TPSA) is 48.5 Å². The predicted molar refractivity (Wildman–Crippen MR) is 86.0 cm³/mol. The Balaban J connectivity index is 2.83. The number of amides is 1. The molecule has 21 heavy (non-hydrogen) atoms. The van der Waals surface area contributed by atoms with Gasteiger partial charge in [-0.15, -0.1) is 0 Å². The highest BCUT2D eigenvalue weighted by molar-refractivity contribution is 5.85. The predicted octanol–water partition coefficient (Wildman–Crippen LogP) is 1.36. The zero-order valence-corrected chi connectivity index (χ0v) is 13.9. The molecule has 0 aliphatic rings. The van der Waals surface area contributed by atoms with Gasteiger partial charge in [-0.2, -0.15) is 0 Å². The second-order valence-corrected chi connectivity index (χ2v) is 6.05. The third kappa shape index (κ3) is 5.81. The van der Waals surface area contributed by atoms with E-state index in [0.717, 1.165) is 18.7 Å². The van der Waals surface area contributed by atoms with Crippen LogP contribution < -0.4 is 5.32 Å². The molecule has 0 saturated carbocycles. The van der Waals surface area contributed by atoms with E-state index in [1.54, 1.807) is 6.20 Å². The molecule has 5 heteroatoms. The van der Waals surface area contributed by atoms with Gasteiger partial charge in [0.05, 0.1) is 5.54 Å². The molecule has 0 spiro atoms. The second-order valence-electron chi connectivity index (χ2n) is 6.05. The van der Waals surface area contributed by atoms with Crippen molar-refractivity contribution in [3.63, 3.8) is 0 Å². The largest absolute Gasteiger partial charge is 0.335 e. The number of rotatable bonds is 8. The maximum atomic E-state index is 12.8. The van der Waals surface area contributed by atoms with Crippen molar-refractivity contribution in [3.8, 4) is 0 Å². The molecule has 0 aliphatic carbocycles. The van der Waals surface area contributed by atoms with Crippen LogP contribution in [0.4, 0.5) is 0 Å². The van der Waals surface area contributed by atoms with Crippen molar-refractivity contribution < 1.29 is 4.79 Å². The summed E-state index contributed by atoms with van der Waals surface area (Å²) in [5.41, 5.74) is 0.500. The lowest BCUT2D eigenvalue weighted by Gasteiger charge is -2.33.